The molecule has 1 spiro atoms. The summed E-state index contributed by atoms with van der Waals surface area (Å²) >= 11 is 0. The number of nitrogens with zero attached hydrogens (tertiary/aromatic N) is 2. The second-order valence-corrected chi connectivity index (χ2v) is 6.80. The van der Waals surface area contributed by atoms with Gasteiger partial charge in [0.15, 0.2) is 0 Å². The van der Waals surface area contributed by atoms with Crippen molar-refractivity contribution < 1.29 is 0 Å². The Morgan fingerprint density at radius 3 is 2.52 bits per heavy atom. The van der Waals surface area contributed by atoms with Gasteiger partial charge in [0.1, 0.15) is 0 Å². The lowest BCUT2D eigenvalue weighted by atomic mass is 9.92. The van der Waals surface area contributed by atoms with Crippen molar-refractivity contribution in [2.45, 2.75) is 51.1 Å². The highest BCUT2D eigenvalue weighted by atomic mass is 15.3. The summed E-state index contributed by atoms with van der Waals surface area (Å²) < 4.78 is 2.37. The molecule has 0 N–H and O–H groups in total. The van der Waals surface area contributed by atoms with Gasteiger partial charge in [-0.1, -0.05) is 31.0 Å². The molecule has 1 atom stereocenters. The topological polar surface area (TPSA) is 8.17 Å². The van der Waals surface area contributed by atoms with Crippen LogP contribution >= 0.6 is 0 Å². The first-order valence-electron chi connectivity index (χ1n) is 8.16. The van der Waals surface area contributed by atoms with E-state index in [4.69, 9.17) is 0 Å². The summed E-state index contributed by atoms with van der Waals surface area (Å²) in [5.41, 5.74) is 6.13. The molecule has 2 heteroatoms. The first kappa shape index (κ1) is 13.0. The predicted octanol–water partition coefficient (Wildman–Crippen LogP) is 4.68. The Labute approximate surface area is 127 Å². The lowest BCUT2D eigenvalue weighted by Gasteiger charge is -2.41. The molecule has 2 heterocycles. The van der Waals surface area contributed by atoms with Crippen LogP contribution in [0.3, 0.4) is 0 Å². The average molecular weight is 280 g/mol. The number of fused-ring (bicyclic) bond motifs is 2. The standard InChI is InChI=1S/C19H24N2/c1-14-8-4-5-9-17(14)21-15(2)16-10-13-20(3)18(16)19(21)11-6-7-12-19/h4-5,8-10,13,15H,6-7,11-12H2,1-3H3. The van der Waals surface area contributed by atoms with Crippen LogP contribution in [0.15, 0.2) is 36.5 Å². The van der Waals surface area contributed by atoms with E-state index >= 15 is 0 Å². The van der Waals surface area contributed by atoms with Crippen LogP contribution in [0.1, 0.15) is 55.5 Å². The van der Waals surface area contributed by atoms with Gasteiger partial charge in [-0.05, 0) is 49.9 Å². The molecule has 2 aliphatic rings. The Bertz CT molecular complexity index is 677. The summed E-state index contributed by atoms with van der Waals surface area (Å²) in [6, 6.07) is 11.7. The third-order valence-corrected chi connectivity index (χ3v) is 5.65. The number of aromatic nitrogens is 1. The predicted molar refractivity (Wildman–Crippen MR) is 87.6 cm³/mol. The average Bonchev–Trinajstić information content (AvgIpc) is 3.13. The highest BCUT2D eigenvalue weighted by molar-refractivity contribution is 5.63. The third-order valence-electron chi connectivity index (χ3n) is 5.65. The molecule has 0 bridgehead atoms. The largest absolute Gasteiger partial charge is 0.353 e. The fraction of sp³-hybridized carbons (Fsp3) is 0.474. The van der Waals surface area contributed by atoms with Crippen molar-refractivity contribution in [3.63, 3.8) is 0 Å². The molecule has 21 heavy (non-hydrogen) atoms. The SMILES string of the molecule is Cc1ccccc1N1C(C)c2ccn(C)c2C12CCCC2. The molecule has 1 aromatic carbocycles. The Balaban J connectivity index is 1.94. The summed E-state index contributed by atoms with van der Waals surface area (Å²) in [5.74, 6) is 0. The molecule has 0 amide bonds. The molecule has 1 aliphatic heterocycles. The molecule has 2 aromatic rings. The smallest absolute Gasteiger partial charge is 0.0813 e. The minimum atomic E-state index is 0.221. The van der Waals surface area contributed by atoms with Gasteiger partial charge in [-0.25, -0.2) is 0 Å². The summed E-state index contributed by atoms with van der Waals surface area (Å²) in [6.07, 6.45) is 7.52. The number of hydrogen-bond acceptors (Lipinski definition) is 1. The van der Waals surface area contributed by atoms with Crippen molar-refractivity contribution in [2.24, 2.45) is 7.05 Å². The molecular weight excluding hydrogens is 256 g/mol. The molecule has 4 rings (SSSR count). The van der Waals surface area contributed by atoms with Crippen molar-refractivity contribution in [1.82, 2.24) is 4.57 Å². The molecule has 110 valence electrons. The molecular formula is C19H24N2. The third kappa shape index (κ3) is 1.59. The van der Waals surface area contributed by atoms with Crippen LogP contribution in [0, 0.1) is 6.92 Å². The van der Waals surface area contributed by atoms with Crippen molar-refractivity contribution >= 4 is 5.69 Å². The highest BCUT2D eigenvalue weighted by Crippen LogP contribution is 2.56. The summed E-state index contributed by atoms with van der Waals surface area (Å²) in [5, 5.41) is 0. The van der Waals surface area contributed by atoms with Crippen LogP contribution in [-0.4, -0.2) is 4.57 Å². The van der Waals surface area contributed by atoms with Crippen molar-refractivity contribution in [2.75, 3.05) is 4.90 Å². The van der Waals surface area contributed by atoms with Gasteiger partial charge in [0, 0.05) is 24.6 Å². The van der Waals surface area contributed by atoms with Gasteiger partial charge in [-0.3, -0.25) is 0 Å². The zero-order chi connectivity index (χ0) is 14.6. The van der Waals surface area contributed by atoms with Gasteiger partial charge in [0.25, 0.3) is 0 Å². The minimum Gasteiger partial charge on any atom is -0.353 e. The summed E-state index contributed by atoms with van der Waals surface area (Å²) in [7, 11) is 2.22. The van der Waals surface area contributed by atoms with Crippen LogP contribution in [0.5, 0.6) is 0 Å². The van der Waals surface area contributed by atoms with Gasteiger partial charge >= 0.3 is 0 Å². The molecule has 1 aliphatic carbocycles. The van der Waals surface area contributed by atoms with E-state index in [1.54, 1.807) is 5.69 Å². The van der Waals surface area contributed by atoms with E-state index in [-0.39, 0.29) is 5.54 Å². The number of benzene rings is 1. The lowest BCUT2D eigenvalue weighted by molar-refractivity contribution is 0.396. The molecule has 1 unspecified atom stereocenters. The van der Waals surface area contributed by atoms with Crippen LogP contribution in [-0.2, 0) is 12.6 Å². The van der Waals surface area contributed by atoms with Gasteiger partial charge in [-0.15, -0.1) is 0 Å². The van der Waals surface area contributed by atoms with E-state index in [1.807, 2.05) is 0 Å². The number of para-hydroxylation sites is 1. The fourth-order valence-corrected chi connectivity index (χ4v) is 4.82. The van der Waals surface area contributed by atoms with Crippen LogP contribution in [0.4, 0.5) is 5.69 Å². The van der Waals surface area contributed by atoms with E-state index in [2.05, 4.69) is 66.9 Å². The lowest BCUT2D eigenvalue weighted by Crippen LogP contribution is -2.41. The maximum absolute atomic E-state index is 2.72. The van der Waals surface area contributed by atoms with Crippen LogP contribution < -0.4 is 4.90 Å². The number of hydrogen-bond donors (Lipinski definition) is 0. The van der Waals surface area contributed by atoms with Gasteiger partial charge in [-0.2, -0.15) is 0 Å². The van der Waals surface area contributed by atoms with E-state index in [0.29, 0.717) is 6.04 Å². The van der Waals surface area contributed by atoms with Crippen molar-refractivity contribution in [3.05, 3.63) is 53.3 Å². The Kier molecular flexibility index (Phi) is 2.72. The van der Waals surface area contributed by atoms with E-state index in [9.17, 15) is 0 Å². The highest BCUT2D eigenvalue weighted by Gasteiger charge is 2.52. The summed E-state index contributed by atoms with van der Waals surface area (Å²) in [6.45, 7) is 4.62. The quantitative estimate of drug-likeness (QED) is 0.736. The summed E-state index contributed by atoms with van der Waals surface area (Å²) in [4.78, 5) is 2.72. The van der Waals surface area contributed by atoms with Gasteiger partial charge in [0.05, 0.1) is 11.6 Å². The fourth-order valence-electron chi connectivity index (χ4n) is 4.82. The normalized spacial score (nSPS) is 23.0. The number of aryl methyl sites for hydroxylation is 2. The monoisotopic (exact) mass is 280 g/mol. The molecule has 1 saturated carbocycles. The number of anilines is 1. The second kappa shape index (κ2) is 4.40. The van der Waals surface area contributed by atoms with Gasteiger partial charge < -0.3 is 9.47 Å². The van der Waals surface area contributed by atoms with Crippen molar-refractivity contribution in [3.8, 4) is 0 Å². The maximum Gasteiger partial charge on any atom is 0.0813 e. The Morgan fingerprint density at radius 1 is 1.10 bits per heavy atom. The molecule has 0 radical (unpaired) electrons. The first-order valence-corrected chi connectivity index (χ1v) is 8.16. The molecule has 2 nitrogen and oxygen atoms in total. The molecule has 1 aromatic heterocycles. The second-order valence-electron chi connectivity index (χ2n) is 6.80. The molecule has 1 fully saturated rings. The zero-order valence-corrected chi connectivity index (χ0v) is 13.3. The Morgan fingerprint density at radius 2 is 1.81 bits per heavy atom. The van der Waals surface area contributed by atoms with Crippen molar-refractivity contribution in [1.29, 1.82) is 0 Å². The first-order chi connectivity index (χ1) is 10.1. The maximum atomic E-state index is 2.72. The Hall–Kier alpha value is -1.70. The van der Waals surface area contributed by atoms with Crippen LogP contribution in [0.2, 0.25) is 0 Å². The minimum absolute atomic E-state index is 0.221. The van der Waals surface area contributed by atoms with E-state index in [1.165, 1.54) is 42.5 Å². The molecule has 0 saturated heterocycles. The van der Waals surface area contributed by atoms with Crippen LogP contribution in [0.25, 0.3) is 0 Å². The van der Waals surface area contributed by atoms with E-state index in [0.717, 1.165) is 0 Å². The zero-order valence-electron chi connectivity index (χ0n) is 13.3. The van der Waals surface area contributed by atoms with E-state index < -0.39 is 0 Å². The number of rotatable bonds is 1. The van der Waals surface area contributed by atoms with Gasteiger partial charge in [0.2, 0.25) is 0 Å².